The first-order valence-corrected chi connectivity index (χ1v) is 12.0. The molecule has 0 spiro atoms. The van der Waals surface area contributed by atoms with E-state index in [1.165, 1.54) is 16.7 Å². The summed E-state index contributed by atoms with van der Waals surface area (Å²) in [4.78, 5) is 34.1. The fraction of sp³-hybridized carbons (Fsp3) is 0.154. The number of nitrogens with zero attached hydrogens (tertiary/aromatic N) is 3. The Hall–Kier alpha value is -3.22. The highest BCUT2D eigenvalue weighted by Gasteiger charge is 2.43. The standard InChI is InChI=1S/C26H22ClN3O2S/c27-21-13-7-8-14-22(21)30-25(31)23(24(26(30)32)33-20-11-5-2-6-12-20)29-17-15-28(16-18-29)19-9-3-1-4-10-19/h1-14H,15-18H2. The molecule has 1 fully saturated rings. The molecule has 7 heteroatoms. The SMILES string of the molecule is O=C1C(Sc2ccccc2)=C(N2CCN(c3ccccc3)CC2)C(=O)N1c1ccccc1Cl. The Bertz CT molecular complexity index is 1210. The second-order valence-corrected chi connectivity index (χ2v) is 9.29. The highest BCUT2D eigenvalue weighted by atomic mass is 35.5. The predicted octanol–water partition coefficient (Wildman–Crippen LogP) is 5.04. The zero-order valence-electron chi connectivity index (χ0n) is 17.9. The average Bonchev–Trinajstić information content (AvgIpc) is 3.10. The van der Waals surface area contributed by atoms with Crippen molar-refractivity contribution in [1.29, 1.82) is 0 Å². The van der Waals surface area contributed by atoms with Crippen LogP contribution >= 0.6 is 23.4 Å². The molecular weight excluding hydrogens is 454 g/mol. The van der Waals surface area contributed by atoms with Crippen molar-refractivity contribution in [2.45, 2.75) is 4.90 Å². The van der Waals surface area contributed by atoms with Gasteiger partial charge in [0.2, 0.25) is 0 Å². The van der Waals surface area contributed by atoms with E-state index in [1.54, 1.807) is 24.3 Å². The van der Waals surface area contributed by atoms with Crippen molar-refractivity contribution in [3.8, 4) is 0 Å². The number of amides is 2. The molecule has 3 aromatic carbocycles. The molecule has 33 heavy (non-hydrogen) atoms. The number of piperazine rings is 1. The molecule has 0 radical (unpaired) electrons. The van der Waals surface area contributed by atoms with Crippen molar-refractivity contribution in [3.05, 3.63) is 101 Å². The van der Waals surface area contributed by atoms with Crippen molar-refractivity contribution in [2.24, 2.45) is 0 Å². The number of halogens is 1. The number of benzene rings is 3. The molecule has 0 bridgehead atoms. The van der Waals surface area contributed by atoms with E-state index >= 15 is 0 Å². The van der Waals surface area contributed by atoms with Crippen molar-refractivity contribution in [3.63, 3.8) is 0 Å². The summed E-state index contributed by atoms with van der Waals surface area (Å²) in [5, 5.41) is 0.374. The fourth-order valence-corrected chi connectivity index (χ4v) is 5.40. The molecule has 5 rings (SSSR count). The second kappa shape index (κ2) is 9.33. The minimum atomic E-state index is -0.331. The molecule has 0 N–H and O–H groups in total. The Labute approximate surface area is 202 Å². The van der Waals surface area contributed by atoms with Crippen LogP contribution in [0.15, 0.2) is 100 Å². The Balaban J connectivity index is 1.47. The molecule has 0 aliphatic carbocycles. The zero-order chi connectivity index (χ0) is 22.8. The van der Waals surface area contributed by atoms with Gasteiger partial charge in [0, 0.05) is 36.8 Å². The Morgan fingerprint density at radius 3 is 1.91 bits per heavy atom. The van der Waals surface area contributed by atoms with Crippen molar-refractivity contribution in [1.82, 2.24) is 4.90 Å². The molecule has 2 aliphatic rings. The first-order chi connectivity index (χ1) is 16.1. The van der Waals surface area contributed by atoms with E-state index in [2.05, 4.69) is 17.0 Å². The Morgan fingerprint density at radius 1 is 0.667 bits per heavy atom. The number of hydrogen-bond donors (Lipinski definition) is 0. The lowest BCUT2D eigenvalue weighted by Gasteiger charge is -2.37. The number of para-hydroxylation sites is 2. The van der Waals surface area contributed by atoms with Crippen LogP contribution < -0.4 is 9.80 Å². The van der Waals surface area contributed by atoms with Crippen LogP contribution in [0.25, 0.3) is 0 Å². The van der Waals surface area contributed by atoms with Gasteiger partial charge in [0.05, 0.1) is 10.7 Å². The first-order valence-electron chi connectivity index (χ1n) is 10.8. The third-order valence-corrected chi connectivity index (χ3v) is 7.19. The summed E-state index contributed by atoms with van der Waals surface area (Å²) in [7, 11) is 0. The van der Waals surface area contributed by atoms with Crippen LogP contribution in [0.1, 0.15) is 0 Å². The molecule has 0 atom stereocenters. The van der Waals surface area contributed by atoms with E-state index in [0.29, 0.717) is 34.4 Å². The van der Waals surface area contributed by atoms with E-state index in [4.69, 9.17) is 11.6 Å². The summed E-state index contributed by atoms with van der Waals surface area (Å²) in [6.07, 6.45) is 0. The molecule has 3 aromatic rings. The molecule has 1 saturated heterocycles. The predicted molar refractivity (Wildman–Crippen MR) is 133 cm³/mol. The minimum absolute atomic E-state index is 0.320. The average molecular weight is 476 g/mol. The largest absolute Gasteiger partial charge is 0.368 e. The van der Waals surface area contributed by atoms with Gasteiger partial charge in [-0.3, -0.25) is 9.59 Å². The smallest absolute Gasteiger partial charge is 0.283 e. The molecule has 0 aromatic heterocycles. The third-order valence-electron chi connectivity index (χ3n) is 5.79. The van der Waals surface area contributed by atoms with Crippen LogP contribution in [0, 0.1) is 0 Å². The molecule has 166 valence electrons. The zero-order valence-corrected chi connectivity index (χ0v) is 19.4. The molecule has 5 nitrogen and oxygen atoms in total. The summed E-state index contributed by atoms with van der Waals surface area (Å²) in [5.41, 5.74) is 2.04. The summed E-state index contributed by atoms with van der Waals surface area (Å²) in [6, 6.07) is 26.9. The number of rotatable bonds is 5. The number of imide groups is 1. The van der Waals surface area contributed by atoms with Crippen molar-refractivity contribution >= 4 is 46.6 Å². The Kier molecular flexibility index (Phi) is 6.11. The fourth-order valence-electron chi connectivity index (χ4n) is 4.15. The van der Waals surface area contributed by atoms with Gasteiger partial charge in [0.15, 0.2) is 0 Å². The maximum absolute atomic E-state index is 13.6. The quantitative estimate of drug-likeness (QED) is 0.484. The van der Waals surface area contributed by atoms with E-state index in [0.717, 1.165) is 23.7 Å². The molecular formula is C26H22ClN3O2S. The monoisotopic (exact) mass is 475 g/mol. The Morgan fingerprint density at radius 2 is 1.24 bits per heavy atom. The summed E-state index contributed by atoms with van der Waals surface area (Å²) >= 11 is 7.71. The van der Waals surface area contributed by atoms with Crippen LogP contribution in [0.5, 0.6) is 0 Å². The van der Waals surface area contributed by atoms with Crippen LogP contribution in [0.3, 0.4) is 0 Å². The van der Waals surface area contributed by atoms with Gasteiger partial charge in [-0.25, -0.2) is 4.90 Å². The highest BCUT2D eigenvalue weighted by molar-refractivity contribution is 8.04. The van der Waals surface area contributed by atoms with Gasteiger partial charge < -0.3 is 9.80 Å². The van der Waals surface area contributed by atoms with E-state index in [1.807, 2.05) is 53.4 Å². The summed E-state index contributed by atoms with van der Waals surface area (Å²) < 4.78 is 0. The number of thioether (sulfide) groups is 1. The highest BCUT2D eigenvalue weighted by Crippen LogP contribution is 2.40. The topological polar surface area (TPSA) is 43.9 Å². The summed E-state index contributed by atoms with van der Waals surface area (Å²) in [5.74, 6) is -0.651. The van der Waals surface area contributed by atoms with Gasteiger partial charge in [-0.15, -0.1) is 0 Å². The molecule has 2 aliphatic heterocycles. The van der Waals surface area contributed by atoms with Crippen molar-refractivity contribution in [2.75, 3.05) is 36.0 Å². The maximum Gasteiger partial charge on any atom is 0.283 e. The summed E-state index contributed by atoms with van der Waals surface area (Å²) in [6.45, 7) is 2.84. The lowest BCUT2D eigenvalue weighted by molar-refractivity contribution is -0.121. The number of hydrogen-bond acceptors (Lipinski definition) is 5. The number of anilines is 2. The maximum atomic E-state index is 13.6. The van der Waals surface area contributed by atoms with E-state index in [9.17, 15) is 9.59 Å². The minimum Gasteiger partial charge on any atom is -0.368 e. The van der Waals surface area contributed by atoms with Crippen molar-refractivity contribution < 1.29 is 9.59 Å². The molecule has 2 heterocycles. The first kappa shape index (κ1) is 21.6. The van der Waals surface area contributed by atoms with Crippen LogP contribution in [0.4, 0.5) is 11.4 Å². The van der Waals surface area contributed by atoms with Gasteiger partial charge in [-0.2, -0.15) is 0 Å². The normalized spacial score (nSPS) is 16.7. The van der Waals surface area contributed by atoms with Crippen LogP contribution in [0.2, 0.25) is 5.02 Å². The van der Waals surface area contributed by atoms with Gasteiger partial charge in [-0.1, -0.05) is 71.9 Å². The molecule has 0 saturated carbocycles. The van der Waals surface area contributed by atoms with Gasteiger partial charge in [0.25, 0.3) is 11.8 Å². The van der Waals surface area contributed by atoms with Crippen LogP contribution in [-0.4, -0.2) is 42.9 Å². The van der Waals surface area contributed by atoms with Gasteiger partial charge in [0.1, 0.15) is 10.6 Å². The number of carbonyl (C=O) groups is 2. The second-order valence-electron chi connectivity index (χ2n) is 7.80. The van der Waals surface area contributed by atoms with Crippen LogP contribution in [-0.2, 0) is 9.59 Å². The lowest BCUT2D eigenvalue weighted by atomic mass is 10.2. The van der Waals surface area contributed by atoms with Gasteiger partial charge >= 0.3 is 0 Å². The van der Waals surface area contributed by atoms with E-state index in [-0.39, 0.29) is 11.8 Å². The number of carbonyl (C=O) groups excluding carboxylic acids is 2. The lowest BCUT2D eigenvalue weighted by Crippen LogP contribution is -2.47. The molecule has 2 amide bonds. The third kappa shape index (κ3) is 4.24. The van der Waals surface area contributed by atoms with E-state index < -0.39 is 0 Å². The molecule has 0 unspecified atom stereocenters. The van der Waals surface area contributed by atoms with Gasteiger partial charge in [-0.05, 0) is 36.4 Å².